The van der Waals surface area contributed by atoms with Crippen LogP contribution in [0.4, 0.5) is 10.5 Å². The summed E-state index contributed by atoms with van der Waals surface area (Å²) in [6.45, 7) is 5.01. The fourth-order valence-corrected chi connectivity index (χ4v) is 3.51. The van der Waals surface area contributed by atoms with Gasteiger partial charge in [-0.1, -0.05) is 44.2 Å². The molecule has 0 spiro atoms. The third kappa shape index (κ3) is 4.66. The zero-order chi connectivity index (χ0) is 21.1. The van der Waals surface area contributed by atoms with Gasteiger partial charge in [0.15, 0.2) is 0 Å². The maximum atomic E-state index is 13.3. The molecule has 1 aromatic heterocycles. The maximum absolute atomic E-state index is 13.3. The fourth-order valence-electron chi connectivity index (χ4n) is 3.51. The minimum atomic E-state index is -0.224. The number of rotatable bonds is 5. The first-order valence-electron chi connectivity index (χ1n) is 9.76. The van der Waals surface area contributed by atoms with Crippen molar-refractivity contribution >= 4 is 34.9 Å². The summed E-state index contributed by atoms with van der Waals surface area (Å²) < 4.78 is 1.80. The van der Waals surface area contributed by atoms with Gasteiger partial charge in [0.25, 0.3) is 5.56 Å². The highest BCUT2D eigenvalue weighted by Crippen LogP contribution is 2.32. The number of nitrogens with two attached hydrogens (primary N) is 1. The second kappa shape index (κ2) is 9.78. The summed E-state index contributed by atoms with van der Waals surface area (Å²) in [7, 11) is 3.37. The molecule has 30 heavy (non-hydrogen) atoms. The standard InChI is InChI=1S/C23H28N4O2.ClH/c1-15(2)14-27-20(13-24)21(16-8-6-5-7-9-16)19-12-17(25-23(29)26(3)4)10-11-18(19)22(27)28;/h5-12,15H,13-14,24H2,1-4H3,(H,25,29);1H. The molecular formula is C23H29ClN4O2. The molecule has 0 saturated heterocycles. The van der Waals surface area contributed by atoms with Crippen molar-refractivity contribution < 1.29 is 4.79 Å². The number of nitrogens with zero attached hydrogens (tertiary/aromatic N) is 2. The molecule has 0 atom stereocenters. The summed E-state index contributed by atoms with van der Waals surface area (Å²) in [6, 6.07) is 15.1. The molecule has 1 heterocycles. The molecule has 0 bridgehead atoms. The van der Waals surface area contributed by atoms with Gasteiger partial charge in [0.2, 0.25) is 0 Å². The van der Waals surface area contributed by atoms with Crippen LogP contribution in [0.15, 0.2) is 53.3 Å². The zero-order valence-corrected chi connectivity index (χ0v) is 18.6. The Kier molecular flexibility index (Phi) is 7.65. The molecule has 0 radical (unpaired) electrons. The Balaban J connectivity index is 0.00000320. The van der Waals surface area contributed by atoms with Crippen LogP contribution in [0, 0.1) is 5.92 Å². The number of nitrogens with one attached hydrogen (secondary N) is 1. The molecule has 3 rings (SSSR count). The molecule has 0 fully saturated rings. The fraction of sp³-hybridized carbons (Fsp3) is 0.304. The third-order valence-corrected chi connectivity index (χ3v) is 4.84. The molecule has 3 N–H and O–H groups in total. The van der Waals surface area contributed by atoms with Crippen LogP contribution in [-0.4, -0.2) is 29.6 Å². The predicted molar refractivity (Wildman–Crippen MR) is 126 cm³/mol. The van der Waals surface area contributed by atoms with E-state index in [0.717, 1.165) is 22.2 Å². The molecule has 0 saturated carbocycles. The number of hydrogen-bond acceptors (Lipinski definition) is 3. The number of carbonyl (C=O) groups is 1. The topological polar surface area (TPSA) is 80.4 Å². The Hall–Kier alpha value is -2.83. The van der Waals surface area contributed by atoms with E-state index in [9.17, 15) is 9.59 Å². The van der Waals surface area contributed by atoms with E-state index < -0.39 is 0 Å². The van der Waals surface area contributed by atoms with E-state index in [1.165, 1.54) is 4.90 Å². The molecule has 0 aliphatic carbocycles. The number of urea groups is 1. The number of carbonyl (C=O) groups excluding carboxylic acids is 1. The van der Waals surface area contributed by atoms with Gasteiger partial charge in [-0.3, -0.25) is 4.79 Å². The van der Waals surface area contributed by atoms with E-state index in [-0.39, 0.29) is 30.5 Å². The Morgan fingerprint density at radius 2 is 1.77 bits per heavy atom. The average molecular weight is 429 g/mol. The minimum absolute atomic E-state index is 0. The summed E-state index contributed by atoms with van der Waals surface area (Å²) >= 11 is 0. The highest BCUT2D eigenvalue weighted by atomic mass is 35.5. The van der Waals surface area contributed by atoms with Gasteiger partial charge in [0, 0.05) is 49.5 Å². The molecule has 3 aromatic rings. The molecule has 6 nitrogen and oxygen atoms in total. The smallest absolute Gasteiger partial charge is 0.321 e. The Bertz CT molecular complexity index is 1090. The summed E-state index contributed by atoms with van der Waals surface area (Å²) in [5, 5.41) is 4.27. The number of halogens is 1. The van der Waals surface area contributed by atoms with Crippen LogP contribution >= 0.6 is 12.4 Å². The van der Waals surface area contributed by atoms with E-state index in [1.807, 2.05) is 36.4 Å². The number of anilines is 1. The van der Waals surface area contributed by atoms with Crippen LogP contribution in [0.1, 0.15) is 19.5 Å². The van der Waals surface area contributed by atoms with Crippen molar-refractivity contribution in [2.24, 2.45) is 11.7 Å². The number of pyridine rings is 1. The van der Waals surface area contributed by atoms with Crippen molar-refractivity contribution in [1.29, 1.82) is 0 Å². The Morgan fingerprint density at radius 3 is 2.33 bits per heavy atom. The van der Waals surface area contributed by atoms with Gasteiger partial charge in [0.1, 0.15) is 0 Å². The second-order valence-electron chi connectivity index (χ2n) is 7.79. The molecular weight excluding hydrogens is 400 g/mol. The van der Waals surface area contributed by atoms with Crippen LogP contribution in [0.3, 0.4) is 0 Å². The first-order valence-corrected chi connectivity index (χ1v) is 9.76. The number of fused-ring (bicyclic) bond motifs is 1. The van der Waals surface area contributed by atoms with Crippen molar-refractivity contribution in [2.45, 2.75) is 26.9 Å². The zero-order valence-electron chi connectivity index (χ0n) is 17.8. The average Bonchev–Trinajstić information content (AvgIpc) is 2.70. The largest absolute Gasteiger partial charge is 0.331 e. The molecule has 0 aliphatic rings. The Morgan fingerprint density at radius 1 is 1.10 bits per heavy atom. The van der Waals surface area contributed by atoms with E-state index in [4.69, 9.17) is 5.73 Å². The lowest BCUT2D eigenvalue weighted by atomic mass is 9.96. The maximum Gasteiger partial charge on any atom is 0.321 e. The van der Waals surface area contributed by atoms with E-state index in [0.29, 0.717) is 23.5 Å². The normalized spacial score (nSPS) is 10.7. The van der Waals surface area contributed by atoms with Crippen molar-refractivity contribution in [3.05, 3.63) is 64.6 Å². The summed E-state index contributed by atoms with van der Waals surface area (Å²) in [6.07, 6.45) is 0. The lowest BCUT2D eigenvalue weighted by molar-refractivity contribution is 0.230. The summed E-state index contributed by atoms with van der Waals surface area (Å²) in [4.78, 5) is 26.8. The van der Waals surface area contributed by atoms with Crippen LogP contribution in [-0.2, 0) is 13.1 Å². The number of aromatic nitrogens is 1. The number of hydrogen-bond donors (Lipinski definition) is 2. The SMILES string of the molecule is CC(C)Cn1c(CN)c(-c2ccccc2)c2cc(NC(=O)N(C)C)ccc2c1=O.Cl. The van der Waals surface area contributed by atoms with Gasteiger partial charge in [0.05, 0.1) is 0 Å². The van der Waals surface area contributed by atoms with Crippen LogP contribution < -0.4 is 16.6 Å². The molecule has 7 heteroatoms. The molecule has 2 amide bonds. The van der Waals surface area contributed by atoms with Crippen molar-refractivity contribution in [3.8, 4) is 11.1 Å². The van der Waals surface area contributed by atoms with Gasteiger partial charge in [-0.15, -0.1) is 12.4 Å². The number of benzene rings is 2. The summed E-state index contributed by atoms with van der Waals surface area (Å²) in [5.74, 6) is 0.303. The van der Waals surface area contributed by atoms with Gasteiger partial charge in [-0.05, 0) is 35.1 Å². The van der Waals surface area contributed by atoms with Gasteiger partial charge in [-0.25, -0.2) is 4.79 Å². The summed E-state index contributed by atoms with van der Waals surface area (Å²) in [5.41, 5.74) is 9.46. The molecule has 0 unspecified atom stereocenters. The molecule has 2 aromatic carbocycles. The molecule has 0 aliphatic heterocycles. The van der Waals surface area contributed by atoms with Crippen molar-refractivity contribution in [2.75, 3.05) is 19.4 Å². The first-order chi connectivity index (χ1) is 13.8. The quantitative estimate of drug-likeness (QED) is 0.635. The highest BCUT2D eigenvalue weighted by Gasteiger charge is 2.18. The van der Waals surface area contributed by atoms with Crippen LogP contribution in [0.2, 0.25) is 0 Å². The third-order valence-electron chi connectivity index (χ3n) is 4.84. The lowest BCUT2D eigenvalue weighted by Crippen LogP contribution is -2.29. The molecule has 160 valence electrons. The number of amides is 2. The minimum Gasteiger partial charge on any atom is -0.331 e. The van der Waals surface area contributed by atoms with E-state index in [1.54, 1.807) is 30.8 Å². The van der Waals surface area contributed by atoms with Gasteiger partial charge >= 0.3 is 6.03 Å². The van der Waals surface area contributed by atoms with Crippen LogP contribution in [0.25, 0.3) is 21.9 Å². The second-order valence-corrected chi connectivity index (χ2v) is 7.79. The highest BCUT2D eigenvalue weighted by molar-refractivity contribution is 6.01. The first kappa shape index (κ1) is 23.4. The van der Waals surface area contributed by atoms with Gasteiger partial charge in [-0.2, -0.15) is 0 Å². The Labute approximate surface area is 183 Å². The monoisotopic (exact) mass is 428 g/mol. The van der Waals surface area contributed by atoms with Gasteiger partial charge < -0.3 is 20.5 Å². The van der Waals surface area contributed by atoms with Crippen molar-refractivity contribution in [1.82, 2.24) is 9.47 Å². The van der Waals surface area contributed by atoms with E-state index in [2.05, 4.69) is 19.2 Å². The van der Waals surface area contributed by atoms with Crippen molar-refractivity contribution in [3.63, 3.8) is 0 Å². The van der Waals surface area contributed by atoms with Crippen LogP contribution in [0.5, 0.6) is 0 Å². The van der Waals surface area contributed by atoms with E-state index >= 15 is 0 Å². The predicted octanol–water partition coefficient (Wildman–Crippen LogP) is 4.30. The lowest BCUT2D eigenvalue weighted by Gasteiger charge is -2.21.